The van der Waals surface area contributed by atoms with Crippen molar-refractivity contribution in [2.24, 2.45) is 0 Å². The Morgan fingerprint density at radius 3 is 3.00 bits per heavy atom. The second-order valence-corrected chi connectivity index (χ2v) is 4.45. The van der Waals surface area contributed by atoms with Crippen molar-refractivity contribution in [3.05, 3.63) is 23.8 Å². The summed E-state index contributed by atoms with van der Waals surface area (Å²) in [6, 6.07) is -0.505. The Kier molecular flexibility index (Phi) is 4.04. The third kappa shape index (κ3) is 2.80. The summed E-state index contributed by atoms with van der Waals surface area (Å²) in [7, 11) is 1.44. The number of piperidine rings is 1. The predicted octanol–water partition coefficient (Wildman–Crippen LogP) is -0.588. The molecule has 2 heterocycles. The van der Waals surface area contributed by atoms with Gasteiger partial charge in [0.05, 0.1) is 11.7 Å². The number of hydrogen-bond acceptors (Lipinski definition) is 6. The highest BCUT2D eigenvalue weighted by molar-refractivity contribution is 6.00. The van der Waals surface area contributed by atoms with Gasteiger partial charge < -0.3 is 10.4 Å². The molecule has 1 aromatic rings. The Morgan fingerprint density at radius 2 is 2.30 bits per heavy atom. The van der Waals surface area contributed by atoms with Gasteiger partial charge in [-0.15, -0.1) is 0 Å². The van der Waals surface area contributed by atoms with Crippen LogP contribution in [0.5, 0.6) is 0 Å². The van der Waals surface area contributed by atoms with E-state index in [0.29, 0.717) is 12.1 Å². The van der Waals surface area contributed by atoms with Crippen LogP contribution in [0.1, 0.15) is 28.9 Å². The van der Waals surface area contributed by atoms with E-state index in [2.05, 4.69) is 15.3 Å². The summed E-state index contributed by atoms with van der Waals surface area (Å²) in [5, 5.41) is 11.9. The van der Waals surface area contributed by atoms with Gasteiger partial charge in [-0.1, -0.05) is 0 Å². The highest BCUT2D eigenvalue weighted by atomic mass is 16.4. The van der Waals surface area contributed by atoms with Crippen LogP contribution in [0.3, 0.4) is 0 Å². The van der Waals surface area contributed by atoms with Crippen LogP contribution in [0.25, 0.3) is 0 Å². The van der Waals surface area contributed by atoms with Crippen LogP contribution in [-0.2, 0) is 16.1 Å². The van der Waals surface area contributed by atoms with E-state index in [9.17, 15) is 14.4 Å². The molecule has 0 saturated carbocycles. The molecule has 8 heteroatoms. The largest absolute Gasteiger partial charge is 0.478 e. The van der Waals surface area contributed by atoms with Crippen LogP contribution in [0.2, 0.25) is 0 Å². The highest BCUT2D eigenvalue weighted by Crippen LogP contribution is 2.12. The minimum absolute atomic E-state index is 0.00677. The molecular formula is C12H14N4O4. The van der Waals surface area contributed by atoms with Gasteiger partial charge in [0.25, 0.3) is 0 Å². The molecule has 1 saturated heterocycles. The molecule has 2 N–H and O–H groups in total. The summed E-state index contributed by atoms with van der Waals surface area (Å²) >= 11 is 0. The van der Waals surface area contributed by atoms with Gasteiger partial charge in [0.2, 0.25) is 11.8 Å². The van der Waals surface area contributed by atoms with Gasteiger partial charge >= 0.3 is 5.97 Å². The summed E-state index contributed by atoms with van der Waals surface area (Å²) in [6.07, 6.45) is 3.15. The first kappa shape index (κ1) is 14.1. The number of amides is 2. The van der Waals surface area contributed by atoms with E-state index in [1.165, 1.54) is 19.6 Å². The molecule has 1 aliphatic rings. The Labute approximate surface area is 114 Å². The van der Waals surface area contributed by atoms with E-state index in [4.69, 9.17) is 5.11 Å². The molecule has 0 spiro atoms. The second kappa shape index (κ2) is 5.74. The third-order valence-electron chi connectivity index (χ3n) is 3.19. The zero-order valence-corrected chi connectivity index (χ0v) is 10.9. The molecule has 8 nitrogen and oxygen atoms in total. The number of rotatable bonds is 4. The van der Waals surface area contributed by atoms with Gasteiger partial charge in [0.15, 0.2) is 0 Å². The molecule has 1 fully saturated rings. The van der Waals surface area contributed by atoms with Crippen molar-refractivity contribution in [2.45, 2.75) is 25.4 Å². The SMILES string of the molecule is CN1C(=O)CCC(NCc2ncncc2C(=O)O)C1=O. The van der Waals surface area contributed by atoms with Crippen LogP contribution in [0.15, 0.2) is 12.5 Å². The minimum Gasteiger partial charge on any atom is -0.478 e. The number of nitrogens with one attached hydrogen (secondary N) is 1. The van der Waals surface area contributed by atoms with Gasteiger partial charge in [-0.3, -0.25) is 14.5 Å². The lowest BCUT2D eigenvalue weighted by atomic mass is 10.0. The van der Waals surface area contributed by atoms with E-state index in [0.717, 1.165) is 4.90 Å². The number of carbonyl (C=O) groups excluding carboxylic acids is 2. The third-order valence-corrected chi connectivity index (χ3v) is 3.19. The molecule has 1 aromatic heterocycles. The highest BCUT2D eigenvalue weighted by Gasteiger charge is 2.31. The summed E-state index contributed by atoms with van der Waals surface area (Å²) in [5.74, 6) is -1.64. The number of carboxylic acid groups (broad SMARTS) is 1. The molecule has 0 aromatic carbocycles. The van der Waals surface area contributed by atoms with Gasteiger partial charge in [-0.25, -0.2) is 14.8 Å². The van der Waals surface area contributed by atoms with Crippen molar-refractivity contribution < 1.29 is 19.5 Å². The van der Waals surface area contributed by atoms with E-state index in [-0.39, 0.29) is 30.3 Å². The van der Waals surface area contributed by atoms with Gasteiger partial charge in [-0.2, -0.15) is 0 Å². The fourth-order valence-corrected chi connectivity index (χ4v) is 2.00. The van der Waals surface area contributed by atoms with Crippen molar-refractivity contribution >= 4 is 17.8 Å². The first-order valence-electron chi connectivity index (χ1n) is 6.06. The summed E-state index contributed by atoms with van der Waals surface area (Å²) in [6.45, 7) is 0.128. The molecule has 0 bridgehead atoms. The maximum Gasteiger partial charge on any atom is 0.339 e. The smallest absolute Gasteiger partial charge is 0.339 e. The topological polar surface area (TPSA) is 112 Å². The Morgan fingerprint density at radius 1 is 1.55 bits per heavy atom. The number of likely N-dealkylation sites (tertiary alicyclic amines) is 1. The van der Waals surface area contributed by atoms with E-state index in [1.54, 1.807) is 0 Å². The Balaban J connectivity index is 2.04. The molecular weight excluding hydrogens is 264 g/mol. The summed E-state index contributed by atoms with van der Waals surface area (Å²) in [5.41, 5.74) is 0.299. The lowest BCUT2D eigenvalue weighted by molar-refractivity contribution is -0.148. The predicted molar refractivity (Wildman–Crippen MR) is 66.6 cm³/mol. The Bertz CT molecular complexity index is 560. The number of carbonyl (C=O) groups is 3. The number of imide groups is 1. The molecule has 1 unspecified atom stereocenters. The zero-order valence-electron chi connectivity index (χ0n) is 10.9. The molecule has 2 rings (SSSR count). The standard InChI is InChI=1S/C12H14N4O4/c1-16-10(17)3-2-8(11(16)18)14-5-9-7(12(19)20)4-13-6-15-9/h4,6,8,14H,2-3,5H2,1H3,(H,19,20). The first-order chi connectivity index (χ1) is 9.50. The maximum absolute atomic E-state index is 11.9. The average molecular weight is 278 g/mol. The summed E-state index contributed by atoms with van der Waals surface area (Å²) in [4.78, 5) is 42.9. The molecule has 0 aliphatic carbocycles. The van der Waals surface area contributed by atoms with Crippen LogP contribution in [0.4, 0.5) is 0 Å². The molecule has 1 aliphatic heterocycles. The fourth-order valence-electron chi connectivity index (χ4n) is 2.00. The van der Waals surface area contributed by atoms with Crippen molar-refractivity contribution in [3.63, 3.8) is 0 Å². The molecule has 20 heavy (non-hydrogen) atoms. The van der Waals surface area contributed by atoms with Crippen LogP contribution < -0.4 is 5.32 Å². The lowest BCUT2D eigenvalue weighted by Crippen LogP contribution is -2.51. The number of carboxylic acids is 1. The van der Waals surface area contributed by atoms with Crippen molar-refractivity contribution in [1.82, 2.24) is 20.2 Å². The van der Waals surface area contributed by atoms with Crippen molar-refractivity contribution in [2.75, 3.05) is 7.05 Å². The van der Waals surface area contributed by atoms with Crippen LogP contribution in [0, 0.1) is 0 Å². The maximum atomic E-state index is 11.9. The quantitative estimate of drug-likeness (QED) is 0.708. The van der Waals surface area contributed by atoms with E-state index in [1.807, 2.05) is 0 Å². The van der Waals surface area contributed by atoms with Crippen molar-refractivity contribution in [1.29, 1.82) is 0 Å². The zero-order chi connectivity index (χ0) is 14.7. The number of nitrogens with zero attached hydrogens (tertiary/aromatic N) is 3. The fraction of sp³-hybridized carbons (Fsp3) is 0.417. The average Bonchev–Trinajstić information content (AvgIpc) is 2.44. The number of aromatic nitrogens is 2. The normalized spacial score (nSPS) is 19.2. The molecule has 106 valence electrons. The monoisotopic (exact) mass is 278 g/mol. The Hall–Kier alpha value is -2.35. The lowest BCUT2D eigenvalue weighted by Gasteiger charge is -2.28. The van der Waals surface area contributed by atoms with Gasteiger partial charge in [-0.05, 0) is 6.42 Å². The van der Waals surface area contributed by atoms with E-state index < -0.39 is 12.0 Å². The van der Waals surface area contributed by atoms with Crippen molar-refractivity contribution in [3.8, 4) is 0 Å². The molecule has 0 radical (unpaired) electrons. The number of likely N-dealkylation sites (N-methyl/N-ethyl adjacent to an activating group) is 1. The molecule has 1 atom stereocenters. The van der Waals surface area contributed by atoms with E-state index >= 15 is 0 Å². The second-order valence-electron chi connectivity index (χ2n) is 4.45. The minimum atomic E-state index is -1.12. The van der Waals surface area contributed by atoms with Gasteiger partial charge in [0, 0.05) is 26.2 Å². The van der Waals surface area contributed by atoms with Crippen LogP contribution in [-0.4, -0.2) is 50.8 Å². The number of hydrogen-bond donors (Lipinski definition) is 2. The van der Waals surface area contributed by atoms with Crippen LogP contribution >= 0.6 is 0 Å². The molecule has 2 amide bonds. The van der Waals surface area contributed by atoms with Gasteiger partial charge in [0.1, 0.15) is 11.9 Å². The summed E-state index contributed by atoms with van der Waals surface area (Å²) < 4.78 is 0. The number of aromatic carboxylic acids is 1. The first-order valence-corrected chi connectivity index (χ1v) is 6.06.